The van der Waals surface area contributed by atoms with Crippen LogP contribution in [0.3, 0.4) is 0 Å². The second-order valence-electron chi connectivity index (χ2n) is 10.5. The predicted molar refractivity (Wildman–Crippen MR) is 163 cm³/mol. The van der Waals surface area contributed by atoms with Gasteiger partial charge in [0.1, 0.15) is 11.7 Å². The monoisotopic (exact) mass is 712 g/mol. The number of carbonyl (C=O) groups excluding carboxylic acids is 3. The molecule has 22 nitrogen and oxygen atoms in total. The van der Waals surface area contributed by atoms with Crippen molar-refractivity contribution in [2.45, 2.75) is 38.5 Å². The molecule has 4 rings (SSSR count). The quantitative estimate of drug-likeness (QED) is 0.0657. The maximum Gasteiger partial charge on any atom is 0.362 e. The van der Waals surface area contributed by atoms with E-state index in [-0.39, 0.29) is 33.0 Å². The summed E-state index contributed by atoms with van der Waals surface area (Å²) in [5.74, 6) is -4.54. The largest absolute Gasteiger partial charge is 0.503 e. The Kier molecular flexibility index (Phi) is 9.72. The van der Waals surface area contributed by atoms with Crippen molar-refractivity contribution in [2.24, 2.45) is 5.16 Å². The lowest BCUT2D eigenvalue weighted by atomic mass is 10.1. The van der Waals surface area contributed by atoms with Crippen molar-refractivity contribution in [3.8, 4) is 17.3 Å². The van der Waals surface area contributed by atoms with E-state index in [2.05, 4.69) is 25.5 Å². The van der Waals surface area contributed by atoms with E-state index in [1.54, 1.807) is 4.72 Å². The van der Waals surface area contributed by atoms with Crippen molar-refractivity contribution < 1.29 is 47.4 Å². The van der Waals surface area contributed by atoms with E-state index >= 15 is 0 Å². The van der Waals surface area contributed by atoms with Crippen LogP contribution in [0.1, 0.15) is 32.5 Å². The van der Waals surface area contributed by atoms with Crippen LogP contribution in [-0.4, -0.2) is 109 Å². The molecule has 3 aromatic heterocycles. The third-order valence-corrected chi connectivity index (χ3v) is 8.35. The summed E-state index contributed by atoms with van der Waals surface area (Å²) >= 11 is 0.930. The van der Waals surface area contributed by atoms with Crippen LogP contribution < -0.4 is 26.9 Å². The number of methoxy groups -OCH3 is 1. The number of aromatic hydroxyl groups is 1. The number of hydrogen-bond acceptors (Lipinski definition) is 16. The first-order valence-corrected chi connectivity index (χ1v) is 15.7. The van der Waals surface area contributed by atoms with Gasteiger partial charge < -0.3 is 35.8 Å². The van der Waals surface area contributed by atoms with Gasteiger partial charge >= 0.3 is 27.9 Å². The molecule has 2 atom stereocenters. The van der Waals surface area contributed by atoms with Crippen LogP contribution in [0, 0.1) is 0 Å². The van der Waals surface area contributed by atoms with Crippen LogP contribution in [0.2, 0.25) is 0 Å². The highest BCUT2D eigenvalue weighted by atomic mass is 32.2. The zero-order valence-corrected chi connectivity index (χ0v) is 27.0. The van der Waals surface area contributed by atoms with E-state index in [0.29, 0.717) is 4.90 Å². The number of nitrogens with zero attached hydrogens (tertiary/aromatic N) is 6. The molecule has 3 aromatic rings. The normalized spacial score (nSPS) is 15.8. The van der Waals surface area contributed by atoms with Crippen LogP contribution in [0.5, 0.6) is 5.75 Å². The van der Waals surface area contributed by atoms with Crippen LogP contribution in [0.15, 0.2) is 32.4 Å². The van der Waals surface area contributed by atoms with Gasteiger partial charge in [-0.1, -0.05) is 9.24 Å². The van der Waals surface area contributed by atoms with E-state index in [4.69, 9.17) is 15.3 Å². The Bertz CT molecular complexity index is 2050. The van der Waals surface area contributed by atoms with E-state index in [1.165, 1.54) is 19.4 Å². The fourth-order valence-corrected chi connectivity index (χ4v) is 5.40. The summed E-state index contributed by atoms with van der Waals surface area (Å²) in [7, 11) is -3.80. The van der Waals surface area contributed by atoms with Gasteiger partial charge in [0.15, 0.2) is 22.4 Å². The molecule has 0 aliphatic carbocycles. The standard InChI is InChI=1S/C24H28N10O12S2/c1-10(8-45-4)33-17(11-5-14(35)15(36)6-26-11)29-34(23(33)42)48(43,44)31-22(41)32-7-12(19(32)38)27-18(37)16(13-9-47-21(25)28-13)30-46-24(2,3)20(39)40/h5-6,9-10,12,36H,7-8H2,1-4H3,(H2,25,28)(H,26,35)(H,27,37)(H,31,41)(H,39,40)/b30-16-/t10?,12-/m0/s1. The zero-order chi connectivity index (χ0) is 35.7. The van der Waals surface area contributed by atoms with Gasteiger partial charge in [-0.25, -0.2) is 24.1 Å². The number of nitrogen functional groups attached to an aromatic ring is 1. The highest BCUT2D eigenvalue weighted by molar-refractivity contribution is 7.88. The molecule has 24 heteroatoms. The molecule has 0 spiro atoms. The van der Waals surface area contributed by atoms with Crippen LogP contribution >= 0.6 is 11.3 Å². The average Bonchev–Trinajstić information content (AvgIpc) is 3.59. The summed E-state index contributed by atoms with van der Waals surface area (Å²) in [4.78, 5) is 87.0. The Balaban J connectivity index is 1.52. The van der Waals surface area contributed by atoms with Crippen LogP contribution in [-0.2, 0) is 34.2 Å². The molecule has 1 unspecified atom stereocenters. The van der Waals surface area contributed by atoms with Gasteiger partial charge in [-0.05, 0) is 20.8 Å². The number of thiazole rings is 1. The number of nitrogens with two attached hydrogens (primary N) is 1. The summed E-state index contributed by atoms with van der Waals surface area (Å²) in [6.45, 7) is 3.17. The number of hydrogen-bond donors (Lipinski definition) is 6. The minimum Gasteiger partial charge on any atom is -0.503 e. The van der Waals surface area contributed by atoms with Gasteiger partial charge in [0.2, 0.25) is 11.0 Å². The lowest BCUT2D eigenvalue weighted by Crippen LogP contribution is -2.68. The first-order valence-electron chi connectivity index (χ1n) is 13.4. The molecule has 0 aromatic carbocycles. The number of nitrogens with one attached hydrogen (secondary N) is 3. The SMILES string of the molecule is COCC(C)n1c(-c2cc(=O)c(O)c[nH]2)nn(S(=O)(=O)NC(=O)N2C[C@H](NC(=O)/C(=N\OC(C)(C)C(=O)O)c3csc(N)n3)C2=O)c1=O. The molecule has 7 N–H and O–H groups in total. The number of pyridine rings is 1. The van der Waals surface area contributed by atoms with E-state index in [9.17, 15) is 47.4 Å². The molecule has 4 heterocycles. The van der Waals surface area contributed by atoms with Crippen molar-refractivity contribution >= 4 is 56.2 Å². The number of aliphatic carboxylic acids is 1. The summed E-state index contributed by atoms with van der Waals surface area (Å²) < 4.78 is 33.7. The number of oxime groups is 1. The summed E-state index contributed by atoms with van der Waals surface area (Å²) in [6.07, 6.45) is 0.901. The lowest BCUT2D eigenvalue weighted by molar-refractivity contribution is -0.161. The molecular formula is C24H28N10O12S2. The highest BCUT2D eigenvalue weighted by Gasteiger charge is 2.44. The minimum absolute atomic E-state index is 0.0346. The van der Waals surface area contributed by atoms with Gasteiger partial charge in [0, 0.05) is 24.8 Å². The number of carboxylic acid groups (broad SMARTS) is 1. The van der Waals surface area contributed by atoms with Gasteiger partial charge in [0.05, 0.1) is 24.9 Å². The third-order valence-electron chi connectivity index (χ3n) is 6.55. The van der Waals surface area contributed by atoms with Gasteiger partial charge in [-0.3, -0.25) is 23.9 Å². The maximum absolute atomic E-state index is 13.2. The van der Waals surface area contributed by atoms with E-state index in [1.807, 2.05) is 0 Å². The number of β-lactam (4-membered cyclic amide) rings is 1. The van der Waals surface area contributed by atoms with Crippen molar-refractivity contribution in [2.75, 3.05) is 26.0 Å². The van der Waals surface area contributed by atoms with Crippen molar-refractivity contribution in [1.82, 2.24) is 38.7 Å². The van der Waals surface area contributed by atoms with Gasteiger partial charge in [-0.2, -0.15) is 8.42 Å². The molecule has 1 aliphatic rings. The topological polar surface area (TPSA) is 313 Å². The van der Waals surface area contributed by atoms with Crippen molar-refractivity contribution in [1.29, 1.82) is 0 Å². The van der Waals surface area contributed by atoms with Crippen LogP contribution in [0.4, 0.5) is 9.93 Å². The average molecular weight is 713 g/mol. The summed E-state index contributed by atoms with van der Waals surface area (Å²) in [5, 5.41) is 29.8. The first-order chi connectivity index (χ1) is 22.4. The second-order valence-corrected chi connectivity index (χ2v) is 12.9. The molecule has 0 bridgehead atoms. The molecule has 1 saturated heterocycles. The number of amides is 4. The fourth-order valence-electron chi connectivity index (χ4n) is 3.96. The number of H-pyrrole nitrogens is 1. The summed E-state index contributed by atoms with van der Waals surface area (Å²) in [6, 6.07) is -2.84. The number of ether oxygens (including phenoxy) is 1. The number of rotatable bonds is 12. The fraction of sp³-hybridized carbons (Fsp3) is 0.375. The van der Waals surface area contributed by atoms with Gasteiger partial charge in [-0.15, -0.1) is 16.4 Å². The number of imide groups is 1. The molecule has 0 saturated carbocycles. The number of urea groups is 1. The summed E-state index contributed by atoms with van der Waals surface area (Å²) in [5.41, 5.74) is 0.812. The minimum atomic E-state index is -5.12. The predicted octanol–water partition coefficient (Wildman–Crippen LogP) is -2.23. The number of likely N-dealkylation sites (tertiary alicyclic amines) is 1. The molecular weight excluding hydrogens is 684 g/mol. The Morgan fingerprint density at radius 1 is 1.29 bits per heavy atom. The van der Waals surface area contributed by atoms with Gasteiger partial charge in [0.25, 0.3) is 11.8 Å². The number of anilines is 1. The van der Waals surface area contributed by atoms with Crippen LogP contribution in [0.25, 0.3) is 11.5 Å². The lowest BCUT2D eigenvalue weighted by Gasteiger charge is -2.36. The zero-order valence-electron chi connectivity index (χ0n) is 25.4. The molecule has 1 fully saturated rings. The second kappa shape index (κ2) is 13.2. The first kappa shape index (κ1) is 35.2. The number of carbonyl (C=O) groups is 4. The Hall–Kier alpha value is -5.62. The maximum atomic E-state index is 13.2. The molecule has 258 valence electrons. The highest BCUT2D eigenvalue weighted by Crippen LogP contribution is 2.19. The van der Waals surface area contributed by atoms with Crippen molar-refractivity contribution in [3.05, 3.63) is 44.0 Å². The Morgan fingerprint density at radius 3 is 2.54 bits per heavy atom. The molecule has 0 radical (unpaired) electrons. The van der Waals surface area contributed by atoms with E-state index < -0.39 is 80.8 Å². The molecule has 48 heavy (non-hydrogen) atoms. The number of aromatic amines is 1. The molecule has 1 aliphatic heterocycles. The van der Waals surface area contributed by atoms with Crippen molar-refractivity contribution in [3.63, 3.8) is 0 Å². The number of carboxylic acids is 1. The number of aromatic nitrogens is 5. The van der Waals surface area contributed by atoms with E-state index in [0.717, 1.165) is 42.0 Å². The Labute approximate surface area is 272 Å². The molecule has 4 amide bonds. The Morgan fingerprint density at radius 2 is 1.98 bits per heavy atom. The smallest absolute Gasteiger partial charge is 0.362 e. The third kappa shape index (κ3) is 7.03.